The molecule has 1 saturated heterocycles. The highest BCUT2D eigenvalue weighted by Crippen LogP contribution is 2.48. The lowest BCUT2D eigenvalue weighted by Crippen LogP contribution is -2.46. The molecule has 1 aliphatic heterocycles. The summed E-state index contributed by atoms with van der Waals surface area (Å²) in [5, 5.41) is 4.22. The average molecular weight is 448 g/mol. The van der Waals surface area contributed by atoms with Gasteiger partial charge in [0.25, 0.3) is 0 Å². The van der Waals surface area contributed by atoms with Gasteiger partial charge in [-0.2, -0.15) is 13.2 Å². The van der Waals surface area contributed by atoms with Crippen LogP contribution in [0.25, 0.3) is 0 Å². The molecule has 0 radical (unpaired) electrons. The van der Waals surface area contributed by atoms with Crippen molar-refractivity contribution in [2.75, 3.05) is 6.54 Å². The molecule has 0 saturated carbocycles. The van der Waals surface area contributed by atoms with Crippen LogP contribution in [0.3, 0.4) is 0 Å². The predicted molar refractivity (Wildman–Crippen MR) is 110 cm³/mol. The number of benzene rings is 2. The quantitative estimate of drug-likeness (QED) is 0.544. The van der Waals surface area contributed by atoms with Gasteiger partial charge in [-0.1, -0.05) is 41.9 Å². The Balaban J connectivity index is 0.00000240. The Morgan fingerprint density at radius 2 is 1.90 bits per heavy atom. The molecule has 1 N–H and O–H groups in total. The molecule has 2 aromatic carbocycles. The van der Waals surface area contributed by atoms with Crippen LogP contribution in [0.15, 0.2) is 42.5 Å². The van der Waals surface area contributed by atoms with Crippen LogP contribution < -0.4 is 5.32 Å². The minimum absolute atomic E-state index is 0. The van der Waals surface area contributed by atoms with E-state index in [2.05, 4.69) is 5.32 Å². The Hall–Kier alpha value is -1.30. The number of hydrogen-bond acceptors (Lipinski definition) is 1. The Bertz CT molecular complexity index is 897. The van der Waals surface area contributed by atoms with Crippen molar-refractivity contribution in [3.05, 3.63) is 69.7 Å². The summed E-state index contributed by atoms with van der Waals surface area (Å²) in [5.41, 5.74) is -0.915. The van der Waals surface area contributed by atoms with Gasteiger partial charge >= 0.3 is 6.18 Å². The van der Waals surface area contributed by atoms with Crippen LogP contribution in [-0.2, 0) is 23.9 Å². The smallest absolute Gasteiger partial charge is 0.313 e. The van der Waals surface area contributed by atoms with Crippen molar-refractivity contribution in [1.82, 2.24) is 5.32 Å². The maximum absolute atomic E-state index is 14.5. The molecule has 29 heavy (non-hydrogen) atoms. The molecule has 2 aliphatic rings. The van der Waals surface area contributed by atoms with Gasteiger partial charge in [0.05, 0.1) is 0 Å². The molecule has 158 valence electrons. The standard InChI is InChI=1S/C22H22ClF4N.ClH/c1-20(24,22(25,26)27)16-6-7-18-15(12-16)5-8-19-21(18,9-10-28-19)13-14-3-2-4-17(23)11-14;/h2-4,6-7,11-12,19,28H,5,8-10,13H2,1H3;1H. The third-order valence-corrected chi connectivity index (χ3v) is 6.69. The fraction of sp³-hybridized carbons (Fsp3) is 0.455. The van der Waals surface area contributed by atoms with Crippen molar-refractivity contribution in [3.8, 4) is 0 Å². The number of halogens is 6. The summed E-state index contributed by atoms with van der Waals surface area (Å²) in [6, 6.07) is 12.4. The van der Waals surface area contributed by atoms with Gasteiger partial charge in [-0.25, -0.2) is 4.39 Å². The highest BCUT2D eigenvalue weighted by Gasteiger charge is 2.54. The molecule has 4 rings (SSSR count). The maximum atomic E-state index is 14.5. The van der Waals surface area contributed by atoms with Crippen LogP contribution in [0, 0.1) is 0 Å². The van der Waals surface area contributed by atoms with Crippen LogP contribution in [0.5, 0.6) is 0 Å². The van der Waals surface area contributed by atoms with E-state index in [0.717, 1.165) is 42.5 Å². The average Bonchev–Trinajstić information content (AvgIpc) is 3.04. The van der Waals surface area contributed by atoms with Crippen LogP contribution in [0.4, 0.5) is 17.6 Å². The normalized spacial score (nSPS) is 25.5. The van der Waals surface area contributed by atoms with Gasteiger partial charge in [0.2, 0.25) is 5.67 Å². The van der Waals surface area contributed by atoms with Crippen molar-refractivity contribution < 1.29 is 17.6 Å². The fourth-order valence-corrected chi connectivity index (χ4v) is 5.11. The summed E-state index contributed by atoms with van der Waals surface area (Å²) in [6.07, 6.45) is -1.82. The van der Waals surface area contributed by atoms with E-state index in [1.165, 1.54) is 12.1 Å². The second-order valence-corrected chi connectivity index (χ2v) is 8.57. The summed E-state index contributed by atoms with van der Waals surface area (Å²) < 4.78 is 54.0. The van der Waals surface area contributed by atoms with Gasteiger partial charge in [-0.3, -0.25) is 0 Å². The highest BCUT2D eigenvalue weighted by molar-refractivity contribution is 6.30. The van der Waals surface area contributed by atoms with Gasteiger partial charge in [0.1, 0.15) is 0 Å². The Kier molecular flexibility index (Phi) is 5.98. The number of alkyl halides is 4. The van der Waals surface area contributed by atoms with E-state index in [9.17, 15) is 17.6 Å². The molecule has 0 amide bonds. The zero-order valence-corrected chi connectivity index (χ0v) is 17.5. The molecule has 0 bridgehead atoms. The summed E-state index contributed by atoms with van der Waals surface area (Å²) in [6.45, 7) is 1.45. The van der Waals surface area contributed by atoms with E-state index in [0.29, 0.717) is 18.4 Å². The molecular weight excluding hydrogens is 425 g/mol. The van der Waals surface area contributed by atoms with Crippen LogP contribution in [0.1, 0.15) is 42.0 Å². The first kappa shape index (κ1) is 22.4. The fourth-order valence-electron chi connectivity index (χ4n) is 4.90. The Labute approximate surface area is 179 Å². The largest absolute Gasteiger partial charge is 0.426 e. The molecular formula is C22H23Cl2F4N. The monoisotopic (exact) mass is 447 g/mol. The highest BCUT2D eigenvalue weighted by atomic mass is 35.5. The molecule has 7 heteroatoms. The number of fused-ring (bicyclic) bond motifs is 3. The number of nitrogens with one attached hydrogen (secondary N) is 1. The van der Waals surface area contributed by atoms with E-state index < -0.39 is 11.8 Å². The second-order valence-electron chi connectivity index (χ2n) is 8.13. The first-order valence-corrected chi connectivity index (χ1v) is 9.89. The Morgan fingerprint density at radius 1 is 1.14 bits per heavy atom. The molecule has 0 aromatic heterocycles. The molecule has 3 atom stereocenters. The van der Waals surface area contributed by atoms with E-state index >= 15 is 0 Å². The topological polar surface area (TPSA) is 12.0 Å². The van der Waals surface area contributed by atoms with Crippen LogP contribution in [0.2, 0.25) is 5.02 Å². The summed E-state index contributed by atoms with van der Waals surface area (Å²) in [4.78, 5) is 0. The van der Waals surface area contributed by atoms with Crippen LogP contribution >= 0.6 is 24.0 Å². The third kappa shape index (κ3) is 3.77. The van der Waals surface area contributed by atoms with Crippen molar-refractivity contribution in [1.29, 1.82) is 0 Å². The first-order valence-electron chi connectivity index (χ1n) is 9.51. The van der Waals surface area contributed by atoms with E-state index in [1.54, 1.807) is 6.07 Å². The summed E-state index contributed by atoms with van der Waals surface area (Å²) in [5.74, 6) is 0. The van der Waals surface area contributed by atoms with Gasteiger partial charge in [0.15, 0.2) is 0 Å². The van der Waals surface area contributed by atoms with Crippen LogP contribution in [-0.4, -0.2) is 18.8 Å². The summed E-state index contributed by atoms with van der Waals surface area (Å²) >= 11 is 6.15. The lowest BCUT2D eigenvalue weighted by molar-refractivity contribution is -0.228. The van der Waals surface area contributed by atoms with Crippen molar-refractivity contribution >= 4 is 24.0 Å². The van der Waals surface area contributed by atoms with Gasteiger partial charge in [-0.05, 0) is 73.5 Å². The molecule has 1 aliphatic carbocycles. The Morgan fingerprint density at radius 3 is 2.59 bits per heavy atom. The molecule has 2 aromatic rings. The van der Waals surface area contributed by atoms with E-state index in [4.69, 9.17) is 11.6 Å². The third-order valence-electron chi connectivity index (χ3n) is 6.46. The molecule has 3 unspecified atom stereocenters. The number of hydrogen-bond donors (Lipinski definition) is 1. The minimum atomic E-state index is -4.94. The lowest BCUT2D eigenvalue weighted by Gasteiger charge is -2.42. The molecule has 1 heterocycles. The zero-order valence-electron chi connectivity index (χ0n) is 16.0. The maximum Gasteiger partial charge on any atom is 0.426 e. The molecule has 1 fully saturated rings. The van der Waals surface area contributed by atoms with Crippen molar-refractivity contribution in [3.63, 3.8) is 0 Å². The van der Waals surface area contributed by atoms with E-state index in [-0.39, 0.29) is 29.4 Å². The van der Waals surface area contributed by atoms with E-state index in [1.807, 2.05) is 24.3 Å². The number of rotatable bonds is 3. The summed E-state index contributed by atoms with van der Waals surface area (Å²) in [7, 11) is 0. The van der Waals surface area contributed by atoms with Gasteiger partial charge < -0.3 is 5.32 Å². The van der Waals surface area contributed by atoms with Crippen molar-refractivity contribution in [2.24, 2.45) is 0 Å². The first-order chi connectivity index (χ1) is 13.1. The second kappa shape index (κ2) is 7.75. The lowest BCUT2D eigenvalue weighted by atomic mass is 9.63. The SMILES string of the molecule is CC(F)(c1ccc2c(c1)CCC1NCCC21Cc1cccc(Cl)c1)C(F)(F)F.Cl. The van der Waals surface area contributed by atoms with Gasteiger partial charge in [0, 0.05) is 16.5 Å². The minimum Gasteiger partial charge on any atom is -0.313 e. The molecule has 1 nitrogen and oxygen atoms in total. The predicted octanol–water partition coefficient (Wildman–Crippen LogP) is 6.30. The van der Waals surface area contributed by atoms with Gasteiger partial charge in [-0.15, -0.1) is 12.4 Å². The molecule has 0 spiro atoms. The number of aryl methyl sites for hydroxylation is 1. The zero-order chi connectivity index (χ0) is 20.2. The van der Waals surface area contributed by atoms with Crippen molar-refractivity contribution in [2.45, 2.75) is 55.9 Å².